The summed E-state index contributed by atoms with van der Waals surface area (Å²) in [5.74, 6) is -2.44. The zero-order chi connectivity index (χ0) is 14.4. The van der Waals surface area contributed by atoms with E-state index in [9.17, 15) is 18.4 Å². The van der Waals surface area contributed by atoms with E-state index in [1.807, 2.05) is 0 Å². The second-order valence-corrected chi connectivity index (χ2v) is 3.92. The van der Waals surface area contributed by atoms with Crippen molar-refractivity contribution >= 4 is 17.6 Å². The van der Waals surface area contributed by atoms with E-state index in [-0.39, 0.29) is 18.8 Å². The zero-order valence-electron chi connectivity index (χ0n) is 10.6. The Morgan fingerprint density at radius 2 is 2.00 bits per heavy atom. The molecule has 0 bridgehead atoms. The maximum absolute atomic E-state index is 13.3. The standard InChI is InChI=1S/C12H14F2N2O3/c1-16(7-12(18)19-2)6-11(17)15-10-5-8(13)3-4-9(10)14/h3-5H,6-7H2,1-2H3,(H,15,17). The maximum atomic E-state index is 13.3. The molecule has 1 aromatic carbocycles. The highest BCUT2D eigenvalue weighted by atomic mass is 19.1. The van der Waals surface area contributed by atoms with E-state index in [0.717, 1.165) is 18.2 Å². The first-order chi connectivity index (χ1) is 8.92. The predicted molar refractivity (Wildman–Crippen MR) is 64.5 cm³/mol. The quantitative estimate of drug-likeness (QED) is 0.813. The van der Waals surface area contributed by atoms with Gasteiger partial charge in [-0.25, -0.2) is 8.78 Å². The summed E-state index contributed by atoms with van der Waals surface area (Å²) in [6.07, 6.45) is 0. The van der Waals surface area contributed by atoms with Gasteiger partial charge in [0.25, 0.3) is 0 Å². The molecule has 0 aromatic heterocycles. The Morgan fingerprint density at radius 1 is 1.32 bits per heavy atom. The van der Waals surface area contributed by atoms with Crippen LogP contribution in [0.15, 0.2) is 18.2 Å². The second-order valence-electron chi connectivity index (χ2n) is 3.92. The summed E-state index contributed by atoms with van der Waals surface area (Å²) in [6.45, 7) is -0.222. The summed E-state index contributed by atoms with van der Waals surface area (Å²) in [5, 5.41) is 2.23. The van der Waals surface area contributed by atoms with Crippen LogP contribution in [0.5, 0.6) is 0 Å². The number of ether oxygens (including phenoxy) is 1. The van der Waals surface area contributed by atoms with E-state index in [0.29, 0.717) is 0 Å². The van der Waals surface area contributed by atoms with Gasteiger partial charge in [0.15, 0.2) is 0 Å². The van der Waals surface area contributed by atoms with E-state index in [1.165, 1.54) is 19.1 Å². The number of hydrogen-bond donors (Lipinski definition) is 1. The van der Waals surface area contributed by atoms with Gasteiger partial charge in [-0.3, -0.25) is 14.5 Å². The van der Waals surface area contributed by atoms with Crippen LogP contribution in [-0.4, -0.2) is 44.0 Å². The molecule has 0 radical (unpaired) electrons. The lowest BCUT2D eigenvalue weighted by molar-refractivity contribution is -0.141. The highest BCUT2D eigenvalue weighted by Crippen LogP contribution is 2.14. The Morgan fingerprint density at radius 3 is 2.63 bits per heavy atom. The molecule has 0 atom stereocenters. The number of nitrogens with one attached hydrogen (secondary N) is 1. The molecule has 0 unspecified atom stereocenters. The first-order valence-electron chi connectivity index (χ1n) is 5.42. The predicted octanol–water partition coefficient (Wildman–Crippen LogP) is 1.01. The molecular formula is C12H14F2N2O3. The topological polar surface area (TPSA) is 58.6 Å². The summed E-state index contributed by atoms with van der Waals surface area (Å²) in [5.41, 5.74) is -0.239. The lowest BCUT2D eigenvalue weighted by atomic mass is 10.3. The fourth-order valence-corrected chi connectivity index (χ4v) is 1.37. The summed E-state index contributed by atoms with van der Waals surface area (Å²) < 4.78 is 30.6. The van der Waals surface area contributed by atoms with Crippen molar-refractivity contribution in [1.82, 2.24) is 4.90 Å². The molecule has 1 rings (SSSR count). The third kappa shape index (κ3) is 5.01. The molecule has 0 aliphatic heterocycles. The van der Waals surface area contributed by atoms with Gasteiger partial charge in [0.1, 0.15) is 11.6 Å². The van der Waals surface area contributed by atoms with E-state index in [2.05, 4.69) is 10.1 Å². The minimum Gasteiger partial charge on any atom is -0.468 e. The molecule has 1 aromatic rings. The number of anilines is 1. The van der Waals surface area contributed by atoms with Crippen LogP contribution in [0.4, 0.5) is 14.5 Å². The van der Waals surface area contributed by atoms with E-state index >= 15 is 0 Å². The number of rotatable bonds is 5. The third-order valence-corrected chi connectivity index (χ3v) is 2.24. The number of benzene rings is 1. The number of nitrogens with zero attached hydrogens (tertiary/aromatic N) is 1. The monoisotopic (exact) mass is 272 g/mol. The Kier molecular flexibility index (Phi) is 5.37. The van der Waals surface area contributed by atoms with Gasteiger partial charge in [-0.1, -0.05) is 0 Å². The number of halogens is 2. The molecule has 104 valence electrons. The van der Waals surface area contributed by atoms with Crippen LogP contribution in [-0.2, 0) is 14.3 Å². The summed E-state index contributed by atoms with van der Waals surface area (Å²) >= 11 is 0. The molecule has 7 heteroatoms. The van der Waals surface area contributed by atoms with Crippen molar-refractivity contribution in [2.24, 2.45) is 0 Å². The van der Waals surface area contributed by atoms with E-state index in [1.54, 1.807) is 0 Å². The zero-order valence-corrected chi connectivity index (χ0v) is 10.6. The normalized spacial score (nSPS) is 10.4. The SMILES string of the molecule is COC(=O)CN(C)CC(=O)Nc1cc(F)ccc1F. The van der Waals surface area contributed by atoms with Crippen LogP contribution in [0.3, 0.4) is 0 Å². The average Bonchev–Trinajstić information content (AvgIpc) is 2.33. The second kappa shape index (κ2) is 6.79. The smallest absolute Gasteiger partial charge is 0.319 e. The van der Waals surface area contributed by atoms with Crippen LogP contribution in [0.25, 0.3) is 0 Å². The van der Waals surface area contributed by atoms with Crippen LogP contribution in [0, 0.1) is 11.6 Å². The Balaban J connectivity index is 2.55. The number of amides is 1. The summed E-state index contributed by atoms with van der Waals surface area (Å²) in [4.78, 5) is 23.9. The number of carbonyl (C=O) groups is 2. The first kappa shape index (κ1) is 15.0. The highest BCUT2D eigenvalue weighted by molar-refractivity contribution is 5.92. The van der Waals surface area contributed by atoms with Gasteiger partial charge >= 0.3 is 5.97 Å². The number of methoxy groups -OCH3 is 1. The number of likely N-dealkylation sites (N-methyl/N-ethyl adjacent to an activating group) is 1. The van der Waals surface area contributed by atoms with Crippen molar-refractivity contribution in [3.05, 3.63) is 29.8 Å². The van der Waals surface area contributed by atoms with Crippen LogP contribution in [0.2, 0.25) is 0 Å². The van der Waals surface area contributed by atoms with Gasteiger partial charge in [-0.15, -0.1) is 0 Å². The average molecular weight is 272 g/mol. The van der Waals surface area contributed by atoms with Crippen molar-refractivity contribution in [3.63, 3.8) is 0 Å². The molecule has 5 nitrogen and oxygen atoms in total. The van der Waals surface area contributed by atoms with E-state index < -0.39 is 23.5 Å². The van der Waals surface area contributed by atoms with Gasteiger partial charge in [0.2, 0.25) is 5.91 Å². The fraction of sp³-hybridized carbons (Fsp3) is 0.333. The van der Waals surface area contributed by atoms with Crippen molar-refractivity contribution in [2.75, 3.05) is 32.6 Å². The van der Waals surface area contributed by atoms with Gasteiger partial charge in [0, 0.05) is 6.07 Å². The van der Waals surface area contributed by atoms with Gasteiger partial charge < -0.3 is 10.1 Å². The third-order valence-electron chi connectivity index (χ3n) is 2.24. The molecular weight excluding hydrogens is 258 g/mol. The number of hydrogen-bond acceptors (Lipinski definition) is 4. The minimum atomic E-state index is -0.731. The number of esters is 1. The first-order valence-corrected chi connectivity index (χ1v) is 5.42. The molecule has 0 aliphatic rings. The fourth-order valence-electron chi connectivity index (χ4n) is 1.37. The van der Waals surface area contributed by atoms with Gasteiger partial charge in [-0.2, -0.15) is 0 Å². The van der Waals surface area contributed by atoms with Crippen molar-refractivity contribution in [3.8, 4) is 0 Å². The Hall–Kier alpha value is -2.02. The molecule has 1 amide bonds. The molecule has 19 heavy (non-hydrogen) atoms. The lowest BCUT2D eigenvalue weighted by Gasteiger charge is -2.14. The van der Waals surface area contributed by atoms with Crippen LogP contribution >= 0.6 is 0 Å². The minimum absolute atomic E-state index is 0.0739. The van der Waals surface area contributed by atoms with Gasteiger partial charge in [0.05, 0.1) is 25.9 Å². The lowest BCUT2D eigenvalue weighted by Crippen LogP contribution is -2.34. The molecule has 0 aliphatic carbocycles. The molecule has 0 saturated heterocycles. The van der Waals surface area contributed by atoms with Crippen molar-refractivity contribution in [2.45, 2.75) is 0 Å². The van der Waals surface area contributed by atoms with Gasteiger partial charge in [-0.05, 0) is 19.2 Å². The van der Waals surface area contributed by atoms with Crippen LogP contribution < -0.4 is 5.32 Å². The Labute approximate surface area is 109 Å². The summed E-state index contributed by atoms with van der Waals surface area (Å²) in [7, 11) is 2.76. The van der Waals surface area contributed by atoms with Crippen molar-refractivity contribution in [1.29, 1.82) is 0 Å². The van der Waals surface area contributed by atoms with Crippen LogP contribution in [0.1, 0.15) is 0 Å². The molecule has 1 N–H and O–H groups in total. The largest absolute Gasteiger partial charge is 0.468 e. The van der Waals surface area contributed by atoms with E-state index in [4.69, 9.17) is 0 Å². The summed E-state index contributed by atoms with van der Waals surface area (Å²) in [6, 6.07) is 2.75. The molecule has 0 saturated carbocycles. The van der Waals surface area contributed by atoms with Crippen molar-refractivity contribution < 1.29 is 23.1 Å². The molecule has 0 spiro atoms. The Bertz CT molecular complexity index is 480. The molecule has 0 heterocycles. The maximum Gasteiger partial charge on any atom is 0.319 e. The highest BCUT2D eigenvalue weighted by Gasteiger charge is 2.12. The molecule has 0 fully saturated rings. The number of carbonyl (C=O) groups excluding carboxylic acids is 2.